The Morgan fingerprint density at radius 1 is 1.19 bits per heavy atom. The van der Waals surface area contributed by atoms with E-state index in [4.69, 9.17) is 20.8 Å². The summed E-state index contributed by atoms with van der Waals surface area (Å²) < 4.78 is 24.3. The summed E-state index contributed by atoms with van der Waals surface area (Å²) in [6.45, 7) is 0.00305. The van der Waals surface area contributed by atoms with Gasteiger partial charge in [0.2, 0.25) is 0 Å². The van der Waals surface area contributed by atoms with E-state index in [0.29, 0.717) is 16.2 Å². The van der Waals surface area contributed by atoms with Gasteiger partial charge in [-0.2, -0.15) is 0 Å². The summed E-state index contributed by atoms with van der Waals surface area (Å²) >= 11 is 5.77. The van der Waals surface area contributed by atoms with Gasteiger partial charge in [-0.3, -0.25) is 0 Å². The Labute approximate surface area is 125 Å². The van der Waals surface area contributed by atoms with Gasteiger partial charge >= 0.3 is 0 Å². The molecule has 0 radical (unpaired) electrons. The first-order chi connectivity index (χ1) is 10.1. The predicted molar refractivity (Wildman–Crippen MR) is 78.1 cm³/mol. The van der Waals surface area contributed by atoms with Crippen molar-refractivity contribution in [2.75, 3.05) is 6.61 Å². The van der Waals surface area contributed by atoms with Crippen LogP contribution >= 0.6 is 11.6 Å². The Morgan fingerprint density at radius 2 is 1.95 bits per heavy atom. The van der Waals surface area contributed by atoms with E-state index in [0.717, 1.165) is 0 Å². The average Bonchev–Trinajstić information content (AvgIpc) is 2.92. The first-order valence-electron chi connectivity index (χ1n) is 6.38. The van der Waals surface area contributed by atoms with Crippen LogP contribution in [0.3, 0.4) is 0 Å². The third-order valence-electron chi connectivity index (χ3n) is 3.07. The molecule has 0 aliphatic rings. The van der Waals surface area contributed by atoms with Crippen molar-refractivity contribution >= 4 is 22.6 Å². The van der Waals surface area contributed by atoms with Crippen LogP contribution in [0.4, 0.5) is 4.39 Å². The quantitative estimate of drug-likeness (QED) is 0.780. The minimum absolute atomic E-state index is 0.00305. The van der Waals surface area contributed by atoms with Gasteiger partial charge < -0.3 is 14.3 Å². The molecule has 0 fully saturated rings. The molecule has 1 N–H and O–H groups in total. The maximum atomic E-state index is 13.5. The molecule has 3 rings (SSSR count). The highest BCUT2D eigenvalue weighted by molar-refractivity contribution is 6.30. The topological polar surface area (TPSA) is 42.6 Å². The van der Waals surface area contributed by atoms with E-state index in [-0.39, 0.29) is 18.0 Å². The average molecular weight is 307 g/mol. The van der Waals surface area contributed by atoms with E-state index in [2.05, 4.69) is 0 Å². The molecule has 0 aliphatic heterocycles. The minimum atomic E-state index is -0.979. The minimum Gasteiger partial charge on any atom is -0.490 e. The summed E-state index contributed by atoms with van der Waals surface area (Å²) in [5, 5.41) is 11.3. The first kappa shape index (κ1) is 13.9. The van der Waals surface area contributed by atoms with Gasteiger partial charge in [0.25, 0.3) is 0 Å². The molecular weight excluding hydrogens is 295 g/mol. The highest BCUT2D eigenvalue weighted by Gasteiger charge is 2.16. The lowest BCUT2D eigenvalue weighted by molar-refractivity contribution is 0.0901. The second-order valence-electron chi connectivity index (χ2n) is 4.59. The highest BCUT2D eigenvalue weighted by Crippen LogP contribution is 2.26. The summed E-state index contributed by atoms with van der Waals surface area (Å²) in [4.78, 5) is 0. The van der Waals surface area contributed by atoms with Crippen LogP contribution in [0.15, 0.2) is 52.9 Å². The van der Waals surface area contributed by atoms with Crippen molar-refractivity contribution in [1.29, 1.82) is 0 Å². The van der Waals surface area contributed by atoms with Crippen LogP contribution in [-0.2, 0) is 0 Å². The van der Waals surface area contributed by atoms with Gasteiger partial charge in [0, 0.05) is 10.4 Å². The Balaban J connectivity index is 1.73. The molecule has 0 saturated heterocycles. The molecule has 1 heterocycles. The number of aliphatic hydroxyl groups excluding tert-OH is 1. The first-order valence-corrected chi connectivity index (χ1v) is 6.75. The number of para-hydroxylation sites is 1. The molecular formula is C16H12ClFO3. The number of hydrogen-bond donors (Lipinski definition) is 1. The lowest BCUT2D eigenvalue weighted by atomic mass is 10.2. The fourth-order valence-electron chi connectivity index (χ4n) is 2.00. The molecule has 2 aromatic carbocycles. The normalized spacial score (nSPS) is 12.5. The van der Waals surface area contributed by atoms with Gasteiger partial charge in [-0.25, -0.2) is 4.39 Å². The standard InChI is InChI=1S/C16H12ClFO3/c17-11-4-6-12(7-5-11)20-9-14(19)15-8-10-2-1-3-13(18)16(10)21-15/h1-8,14,19H,9H2. The lowest BCUT2D eigenvalue weighted by Gasteiger charge is -2.10. The molecule has 0 spiro atoms. The van der Waals surface area contributed by atoms with E-state index in [9.17, 15) is 9.50 Å². The number of aliphatic hydroxyl groups is 1. The van der Waals surface area contributed by atoms with Crippen molar-refractivity contribution < 1.29 is 18.7 Å². The molecule has 0 saturated carbocycles. The number of furan rings is 1. The van der Waals surface area contributed by atoms with E-state index in [1.165, 1.54) is 6.07 Å². The van der Waals surface area contributed by atoms with Crippen molar-refractivity contribution in [2.45, 2.75) is 6.10 Å². The Hall–Kier alpha value is -2.04. The van der Waals surface area contributed by atoms with E-state index in [1.807, 2.05) is 0 Å². The molecule has 5 heteroatoms. The Kier molecular flexibility index (Phi) is 3.82. The largest absolute Gasteiger partial charge is 0.490 e. The molecule has 0 bridgehead atoms. The number of ether oxygens (including phenoxy) is 1. The zero-order chi connectivity index (χ0) is 14.8. The third kappa shape index (κ3) is 3.01. The van der Waals surface area contributed by atoms with Gasteiger partial charge in [0.1, 0.15) is 24.2 Å². The molecule has 108 valence electrons. The Bertz CT molecular complexity index is 752. The number of hydrogen-bond acceptors (Lipinski definition) is 3. The maximum absolute atomic E-state index is 13.5. The zero-order valence-corrected chi connectivity index (χ0v) is 11.7. The molecule has 1 atom stereocenters. The van der Waals surface area contributed by atoms with Crippen LogP contribution in [0.1, 0.15) is 11.9 Å². The van der Waals surface area contributed by atoms with Gasteiger partial charge in [-0.1, -0.05) is 23.7 Å². The van der Waals surface area contributed by atoms with Crippen molar-refractivity contribution in [3.63, 3.8) is 0 Å². The predicted octanol–water partition coefficient (Wildman–Crippen LogP) is 4.34. The van der Waals surface area contributed by atoms with Crippen molar-refractivity contribution in [3.05, 3.63) is 65.1 Å². The summed E-state index contributed by atoms with van der Waals surface area (Å²) in [5.74, 6) is 0.398. The van der Waals surface area contributed by atoms with E-state index >= 15 is 0 Å². The van der Waals surface area contributed by atoms with E-state index < -0.39 is 11.9 Å². The van der Waals surface area contributed by atoms with Gasteiger partial charge in [0.15, 0.2) is 11.4 Å². The molecule has 3 aromatic rings. The van der Waals surface area contributed by atoms with Crippen LogP contribution in [-0.4, -0.2) is 11.7 Å². The van der Waals surface area contributed by atoms with Crippen LogP contribution in [0.5, 0.6) is 5.75 Å². The monoisotopic (exact) mass is 306 g/mol. The van der Waals surface area contributed by atoms with Crippen LogP contribution in [0.25, 0.3) is 11.0 Å². The van der Waals surface area contributed by atoms with Gasteiger partial charge in [0.05, 0.1) is 0 Å². The van der Waals surface area contributed by atoms with Crippen molar-refractivity contribution in [2.24, 2.45) is 0 Å². The second kappa shape index (κ2) is 5.76. The smallest absolute Gasteiger partial charge is 0.170 e. The number of fused-ring (bicyclic) bond motifs is 1. The number of benzene rings is 2. The summed E-state index contributed by atoms with van der Waals surface area (Å²) in [6, 6.07) is 13.0. The summed E-state index contributed by atoms with van der Waals surface area (Å²) in [5.41, 5.74) is 0.137. The van der Waals surface area contributed by atoms with Gasteiger partial charge in [-0.15, -0.1) is 0 Å². The van der Waals surface area contributed by atoms with Crippen LogP contribution < -0.4 is 4.74 Å². The SMILES string of the molecule is OC(COc1ccc(Cl)cc1)c1cc2cccc(F)c2o1. The van der Waals surface area contributed by atoms with Crippen LogP contribution in [0, 0.1) is 5.82 Å². The molecule has 0 aliphatic carbocycles. The third-order valence-corrected chi connectivity index (χ3v) is 3.32. The highest BCUT2D eigenvalue weighted by atomic mass is 35.5. The molecule has 1 aromatic heterocycles. The molecule has 0 amide bonds. The van der Waals surface area contributed by atoms with Crippen molar-refractivity contribution in [1.82, 2.24) is 0 Å². The fourth-order valence-corrected chi connectivity index (χ4v) is 2.13. The molecule has 21 heavy (non-hydrogen) atoms. The fraction of sp³-hybridized carbons (Fsp3) is 0.125. The lowest BCUT2D eigenvalue weighted by Crippen LogP contribution is -2.08. The molecule has 1 unspecified atom stereocenters. The summed E-state index contributed by atoms with van der Waals surface area (Å²) in [7, 11) is 0. The summed E-state index contributed by atoms with van der Waals surface area (Å²) in [6.07, 6.45) is -0.979. The number of halogens is 2. The second-order valence-corrected chi connectivity index (χ2v) is 5.02. The Morgan fingerprint density at radius 3 is 2.67 bits per heavy atom. The maximum Gasteiger partial charge on any atom is 0.170 e. The van der Waals surface area contributed by atoms with Crippen molar-refractivity contribution in [3.8, 4) is 5.75 Å². The zero-order valence-electron chi connectivity index (χ0n) is 10.9. The number of rotatable bonds is 4. The molecule has 3 nitrogen and oxygen atoms in total. The van der Waals surface area contributed by atoms with Gasteiger partial charge in [-0.05, 0) is 36.4 Å². The van der Waals surface area contributed by atoms with E-state index in [1.54, 1.807) is 42.5 Å². The van der Waals surface area contributed by atoms with Crippen LogP contribution in [0.2, 0.25) is 5.02 Å².